The highest BCUT2D eigenvalue weighted by atomic mass is 79.9. The molecule has 0 saturated heterocycles. The van der Waals surface area contributed by atoms with Crippen LogP contribution in [0.5, 0.6) is 5.75 Å². The normalized spacial score (nSPS) is 11.4. The van der Waals surface area contributed by atoms with Crippen LogP contribution in [-0.2, 0) is 13.0 Å². The minimum absolute atomic E-state index is 0.146. The second-order valence-electron chi connectivity index (χ2n) is 4.41. The van der Waals surface area contributed by atoms with E-state index in [9.17, 15) is 4.39 Å². The lowest BCUT2D eigenvalue weighted by atomic mass is 10.1. The van der Waals surface area contributed by atoms with Crippen LogP contribution < -0.4 is 10.5 Å². The number of oxime groups is 1. The fourth-order valence-corrected chi connectivity index (χ4v) is 2.15. The predicted molar refractivity (Wildman–Crippen MR) is 82.0 cm³/mol. The van der Waals surface area contributed by atoms with Gasteiger partial charge < -0.3 is 15.7 Å². The molecule has 4 nitrogen and oxygen atoms in total. The van der Waals surface area contributed by atoms with Crippen molar-refractivity contribution >= 4 is 21.8 Å². The summed E-state index contributed by atoms with van der Waals surface area (Å²) in [6.07, 6.45) is 0.367. The van der Waals surface area contributed by atoms with Gasteiger partial charge in [-0.25, -0.2) is 4.39 Å². The van der Waals surface area contributed by atoms with E-state index >= 15 is 0 Å². The van der Waals surface area contributed by atoms with Crippen LogP contribution in [0.2, 0.25) is 0 Å². The Labute approximate surface area is 130 Å². The molecule has 2 aromatic rings. The molecule has 2 aromatic carbocycles. The molecule has 0 atom stereocenters. The first-order chi connectivity index (χ1) is 10.1. The van der Waals surface area contributed by atoms with Crippen molar-refractivity contribution in [2.24, 2.45) is 10.9 Å². The number of hydrogen-bond acceptors (Lipinski definition) is 3. The molecule has 0 aromatic heterocycles. The van der Waals surface area contributed by atoms with Gasteiger partial charge in [-0.05, 0) is 39.7 Å². The lowest BCUT2D eigenvalue weighted by Crippen LogP contribution is -2.14. The van der Waals surface area contributed by atoms with Crippen molar-refractivity contribution in [2.45, 2.75) is 13.0 Å². The number of ether oxygens (including phenoxy) is 1. The maximum atomic E-state index is 13.4. The van der Waals surface area contributed by atoms with E-state index in [0.717, 1.165) is 11.1 Å². The maximum absolute atomic E-state index is 13.4. The van der Waals surface area contributed by atoms with Gasteiger partial charge in [0.05, 0.1) is 4.47 Å². The molecule has 21 heavy (non-hydrogen) atoms. The first-order valence-electron chi connectivity index (χ1n) is 6.21. The van der Waals surface area contributed by atoms with Crippen LogP contribution in [0.15, 0.2) is 52.1 Å². The van der Waals surface area contributed by atoms with Gasteiger partial charge in [0, 0.05) is 12.0 Å². The predicted octanol–water partition coefficient (Wildman–Crippen LogP) is 3.46. The number of amidine groups is 1. The standard InChI is InChI=1S/C15H14BrFN2O2/c16-15-11(2-1-3-13(15)17)9-21-12-6-4-10(5-7-12)8-14(18)19-20/h1-7,20H,8-9H2,(H2,18,19). The molecular weight excluding hydrogens is 339 g/mol. The van der Waals surface area contributed by atoms with Gasteiger partial charge in [0.25, 0.3) is 0 Å². The summed E-state index contributed by atoms with van der Waals surface area (Å²) in [4.78, 5) is 0. The fourth-order valence-electron chi connectivity index (χ4n) is 1.77. The minimum Gasteiger partial charge on any atom is -0.489 e. The van der Waals surface area contributed by atoms with Crippen molar-refractivity contribution in [3.05, 3.63) is 63.9 Å². The van der Waals surface area contributed by atoms with Crippen molar-refractivity contribution in [3.8, 4) is 5.75 Å². The summed E-state index contributed by atoms with van der Waals surface area (Å²) >= 11 is 3.19. The monoisotopic (exact) mass is 352 g/mol. The zero-order chi connectivity index (χ0) is 15.2. The van der Waals surface area contributed by atoms with Crippen LogP contribution >= 0.6 is 15.9 Å². The molecule has 2 rings (SSSR count). The molecule has 110 valence electrons. The fraction of sp³-hybridized carbons (Fsp3) is 0.133. The van der Waals surface area contributed by atoms with Crippen LogP contribution in [0.25, 0.3) is 0 Å². The van der Waals surface area contributed by atoms with Crippen LogP contribution in [0.3, 0.4) is 0 Å². The third-order valence-electron chi connectivity index (χ3n) is 2.86. The summed E-state index contributed by atoms with van der Waals surface area (Å²) in [6, 6.07) is 12.0. The zero-order valence-corrected chi connectivity index (χ0v) is 12.7. The van der Waals surface area contributed by atoms with Crippen molar-refractivity contribution in [2.75, 3.05) is 0 Å². The van der Waals surface area contributed by atoms with E-state index in [4.69, 9.17) is 15.7 Å². The van der Waals surface area contributed by atoms with Crippen LogP contribution in [0, 0.1) is 5.82 Å². The van der Waals surface area contributed by atoms with Gasteiger partial charge in [-0.3, -0.25) is 0 Å². The molecule has 0 radical (unpaired) electrons. The Morgan fingerprint density at radius 2 is 1.95 bits per heavy atom. The second-order valence-corrected chi connectivity index (χ2v) is 5.21. The quantitative estimate of drug-likeness (QED) is 0.374. The third-order valence-corrected chi connectivity index (χ3v) is 3.75. The number of halogens is 2. The van der Waals surface area contributed by atoms with Crippen molar-refractivity contribution in [1.82, 2.24) is 0 Å². The lowest BCUT2D eigenvalue weighted by molar-refractivity contribution is 0.304. The first-order valence-corrected chi connectivity index (χ1v) is 7.00. The molecule has 0 aliphatic rings. The van der Waals surface area contributed by atoms with E-state index in [1.807, 2.05) is 12.1 Å². The molecule has 0 aliphatic heterocycles. The molecule has 0 unspecified atom stereocenters. The summed E-state index contributed by atoms with van der Waals surface area (Å²) in [5, 5.41) is 11.4. The average Bonchev–Trinajstić information content (AvgIpc) is 2.50. The van der Waals surface area contributed by atoms with Gasteiger partial charge in [-0.1, -0.05) is 29.4 Å². The molecule has 0 aliphatic carbocycles. The Morgan fingerprint density at radius 1 is 1.24 bits per heavy atom. The van der Waals surface area contributed by atoms with Crippen LogP contribution in [0.1, 0.15) is 11.1 Å². The van der Waals surface area contributed by atoms with Crippen molar-refractivity contribution in [3.63, 3.8) is 0 Å². The Hall–Kier alpha value is -2.08. The van der Waals surface area contributed by atoms with Crippen molar-refractivity contribution in [1.29, 1.82) is 0 Å². The molecular formula is C15H14BrFN2O2. The number of rotatable bonds is 5. The van der Waals surface area contributed by atoms with E-state index in [0.29, 0.717) is 16.6 Å². The van der Waals surface area contributed by atoms with E-state index in [-0.39, 0.29) is 18.3 Å². The number of nitrogens with two attached hydrogens (primary N) is 1. The van der Waals surface area contributed by atoms with E-state index in [2.05, 4.69) is 21.1 Å². The van der Waals surface area contributed by atoms with E-state index < -0.39 is 0 Å². The van der Waals surface area contributed by atoms with E-state index in [1.54, 1.807) is 24.3 Å². The highest BCUT2D eigenvalue weighted by Gasteiger charge is 2.06. The molecule has 0 amide bonds. The van der Waals surface area contributed by atoms with Gasteiger partial charge in [-0.15, -0.1) is 0 Å². The molecule has 0 fully saturated rings. The number of hydrogen-bond donors (Lipinski definition) is 2. The lowest BCUT2D eigenvalue weighted by Gasteiger charge is -2.09. The van der Waals surface area contributed by atoms with E-state index in [1.165, 1.54) is 6.07 Å². The second kappa shape index (κ2) is 7.08. The Balaban J connectivity index is 1.99. The summed E-state index contributed by atoms with van der Waals surface area (Å²) < 4.78 is 19.4. The molecule has 3 N–H and O–H groups in total. The largest absolute Gasteiger partial charge is 0.489 e. The summed E-state index contributed by atoms with van der Waals surface area (Å²) in [6.45, 7) is 0.262. The summed E-state index contributed by atoms with van der Waals surface area (Å²) in [5.41, 5.74) is 7.08. The Bertz CT molecular complexity index is 645. The van der Waals surface area contributed by atoms with Crippen molar-refractivity contribution < 1.29 is 14.3 Å². The molecule has 0 saturated carbocycles. The maximum Gasteiger partial charge on any atom is 0.143 e. The number of nitrogens with zero attached hydrogens (tertiary/aromatic N) is 1. The summed E-state index contributed by atoms with van der Waals surface area (Å²) in [5.74, 6) is 0.493. The zero-order valence-electron chi connectivity index (χ0n) is 11.1. The molecule has 6 heteroatoms. The van der Waals surface area contributed by atoms with Crippen LogP contribution in [0.4, 0.5) is 4.39 Å². The Kier molecular flexibility index (Phi) is 5.16. The van der Waals surface area contributed by atoms with Crippen LogP contribution in [-0.4, -0.2) is 11.0 Å². The minimum atomic E-state index is -0.315. The molecule has 0 spiro atoms. The average molecular weight is 353 g/mol. The molecule has 0 heterocycles. The third kappa shape index (κ3) is 4.19. The molecule has 0 bridgehead atoms. The van der Waals surface area contributed by atoms with Gasteiger partial charge in [-0.2, -0.15) is 0 Å². The number of benzene rings is 2. The topological polar surface area (TPSA) is 67.8 Å². The van der Waals surface area contributed by atoms with Gasteiger partial charge in [0.15, 0.2) is 0 Å². The van der Waals surface area contributed by atoms with Gasteiger partial charge in [0.1, 0.15) is 24.0 Å². The Morgan fingerprint density at radius 3 is 2.62 bits per heavy atom. The SMILES string of the molecule is N/C(Cc1ccc(OCc2cccc(F)c2Br)cc1)=N/O. The first kappa shape index (κ1) is 15.3. The summed E-state index contributed by atoms with van der Waals surface area (Å²) in [7, 11) is 0. The highest BCUT2D eigenvalue weighted by Crippen LogP contribution is 2.22. The highest BCUT2D eigenvalue weighted by molar-refractivity contribution is 9.10. The van der Waals surface area contributed by atoms with Gasteiger partial charge >= 0.3 is 0 Å². The smallest absolute Gasteiger partial charge is 0.143 e. The van der Waals surface area contributed by atoms with Gasteiger partial charge in [0.2, 0.25) is 0 Å².